The Morgan fingerprint density at radius 3 is 2.50 bits per heavy atom. The van der Waals surface area contributed by atoms with E-state index in [1.54, 1.807) is 7.11 Å². The molecule has 0 unspecified atom stereocenters. The Hall–Kier alpha value is -0.280. The highest BCUT2D eigenvalue weighted by Gasteiger charge is 2.03. The zero-order valence-corrected chi connectivity index (χ0v) is 9.53. The van der Waals surface area contributed by atoms with Crippen LogP contribution in [0.5, 0.6) is 0 Å². The van der Waals surface area contributed by atoms with Gasteiger partial charge in [0.05, 0.1) is 6.61 Å². The lowest BCUT2D eigenvalue weighted by Gasteiger charge is -2.07. The summed E-state index contributed by atoms with van der Waals surface area (Å²) in [5, 5.41) is 4.58. The maximum absolute atomic E-state index is 5.99. The molecule has 78 valence electrons. The van der Waals surface area contributed by atoms with Crippen LogP contribution in [-0.2, 0) is 11.3 Å². The van der Waals surface area contributed by atoms with Crippen LogP contribution in [0.4, 0.5) is 0 Å². The topological polar surface area (TPSA) is 21.3 Å². The lowest BCUT2D eigenvalue weighted by Crippen LogP contribution is -2.18. The largest absolute Gasteiger partial charge is 0.383 e. The minimum Gasteiger partial charge on any atom is -0.383 e. The molecular formula is C10H13Cl2NO. The maximum Gasteiger partial charge on any atom is 0.0587 e. The normalized spacial score (nSPS) is 10.5. The quantitative estimate of drug-likeness (QED) is 0.791. The number of benzene rings is 1. The molecule has 4 heteroatoms. The Labute approximate surface area is 94.2 Å². The first-order valence-electron chi connectivity index (χ1n) is 4.38. The first kappa shape index (κ1) is 11.8. The summed E-state index contributed by atoms with van der Waals surface area (Å²) in [6.07, 6.45) is 0. The second kappa shape index (κ2) is 6.25. The molecule has 0 saturated heterocycles. The fourth-order valence-electron chi connectivity index (χ4n) is 1.09. The molecule has 0 spiro atoms. The van der Waals surface area contributed by atoms with E-state index in [9.17, 15) is 0 Å². The van der Waals surface area contributed by atoms with Crippen LogP contribution in [0.15, 0.2) is 18.2 Å². The molecule has 0 aliphatic heterocycles. The van der Waals surface area contributed by atoms with Gasteiger partial charge in [-0.2, -0.15) is 0 Å². The van der Waals surface area contributed by atoms with Gasteiger partial charge in [0.15, 0.2) is 0 Å². The van der Waals surface area contributed by atoms with E-state index in [1.165, 1.54) is 0 Å². The summed E-state index contributed by atoms with van der Waals surface area (Å²) in [7, 11) is 1.67. The van der Waals surface area contributed by atoms with Gasteiger partial charge in [0.25, 0.3) is 0 Å². The van der Waals surface area contributed by atoms with Gasteiger partial charge in [0.2, 0.25) is 0 Å². The highest BCUT2D eigenvalue weighted by Crippen LogP contribution is 2.23. The van der Waals surface area contributed by atoms with E-state index in [-0.39, 0.29) is 0 Å². The molecule has 0 amide bonds. The molecule has 0 saturated carbocycles. The number of nitrogens with one attached hydrogen (secondary N) is 1. The molecule has 0 heterocycles. The number of hydrogen-bond acceptors (Lipinski definition) is 2. The summed E-state index contributed by atoms with van der Waals surface area (Å²) in [5.41, 5.74) is 0.937. The molecule has 1 rings (SSSR count). The van der Waals surface area contributed by atoms with Gasteiger partial charge in [0, 0.05) is 35.8 Å². The lowest BCUT2D eigenvalue weighted by atomic mass is 10.2. The van der Waals surface area contributed by atoms with E-state index in [0.29, 0.717) is 23.2 Å². The third-order valence-electron chi connectivity index (χ3n) is 1.85. The SMILES string of the molecule is COCCNCc1c(Cl)cccc1Cl. The number of hydrogen-bond donors (Lipinski definition) is 1. The van der Waals surface area contributed by atoms with Crippen LogP contribution in [0.3, 0.4) is 0 Å². The summed E-state index contributed by atoms with van der Waals surface area (Å²) >= 11 is 12.0. The van der Waals surface area contributed by atoms with Crippen LogP contribution in [0.1, 0.15) is 5.56 Å². The van der Waals surface area contributed by atoms with Crippen molar-refractivity contribution in [3.05, 3.63) is 33.8 Å². The number of rotatable bonds is 5. The average molecular weight is 234 g/mol. The van der Waals surface area contributed by atoms with Gasteiger partial charge in [-0.3, -0.25) is 0 Å². The van der Waals surface area contributed by atoms with Crippen molar-refractivity contribution in [1.29, 1.82) is 0 Å². The Balaban J connectivity index is 2.49. The summed E-state index contributed by atoms with van der Waals surface area (Å²) in [4.78, 5) is 0. The highest BCUT2D eigenvalue weighted by molar-refractivity contribution is 6.35. The van der Waals surface area contributed by atoms with Crippen LogP contribution >= 0.6 is 23.2 Å². The van der Waals surface area contributed by atoms with Crippen LogP contribution in [-0.4, -0.2) is 20.3 Å². The van der Waals surface area contributed by atoms with Crippen molar-refractivity contribution in [3.63, 3.8) is 0 Å². The van der Waals surface area contributed by atoms with Crippen molar-refractivity contribution < 1.29 is 4.74 Å². The summed E-state index contributed by atoms with van der Waals surface area (Å²) in [5.74, 6) is 0. The van der Waals surface area contributed by atoms with Gasteiger partial charge in [-0.25, -0.2) is 0 Å². The van der Waals surface area contributed by atoms with Gasteiger partial charge in [-0.05, 0) is 12.1 Å². The second-order valence-electron chi connectivity index (χ2n) is 2.87. The fraction of sp³-hybridized carbons (Fsp3) is 0.400. The van der Waals surface area contributed by atoms with Crippen LogP contribution in [0.25, 0.3) is 0 Å². The van der Waals surface area contributed by atoms with Crippen molar-refractivity contribution in [1.82, 2.24) is 5.32 Å². The summed E-state index contributed by atoms with van der Waals surface area (Å²) in [6, 6.07) is 5.50. The van der Waals surface area contributed by atoms with Crippen molar-refractivity contribution in [3.8, 4) is 0 Å². The molecule has 1 aromatic carbocycles. The average Bonchev–Trinajstić information content (AvgIpc) is 2.16. The van der Waals surface area contributed by atoms with Crippen molar-refractivity contribution >= 4 is 23.2 Å². The zero-order valence-electron chi connectivity index (χ0n) is 8.02. The molecule has 0 aromatic heterocycles. The Bertz CT molecular complexity index is 271. The smallest absolute Gasteiger partial charge is 0.0587 e. The molecule has 1 aromatic rings. The van der Waals surface area contributed by atoms with Crippen molar-refractivity contribution in [2.45, 2.75) is 6.54 Å². The summed E-state index contributed by atoms with van der Waals surface area (Å²) in [6.45, 7) is 2.14. The standard InChI is InChI=1S/C10H13Cl2NO/c1-14-6-5-13-7-8-9(11)3-2-4-10(8)12/h2-4,13H,5-7H2,1H3. The Kier molecular flexibility index (Phi) is 5.26. The highest BCUT2D eigenvalue weighted by atomic mass is 35.5. The molecule has 0 fully saturated rings. The number of ether oxygens (including phenoxy) is 1. The molecule has 0 radical (unpaired) electrons. The molecular weight excluding hydrogens is 221 g/mol. The van der Waals surface area contributed by atoms with E-state index in [1.807, 2.05) is 18.2 Å². The third kappa shape index (κ3) is 3.46. The minimum absolute atomic E-state index is 0.669. The van der Waals surface area contributed by atoms with Crippen LogP contribution in [0, 0.1) is 0 Å². The zero-order chi connectivity index (χ0) is 10.4. The first-order valence-corrected chi connectivity index (χ1v) is 5.14. The van der Waals surface area contributed by atoms with Gasteiger partial charge < -0.3 is 10.1 Å². The number of methoxy groups -OCH3 is 1. The Morgan fingerprint density at radius 2 is 1.93 bits per heavy atom. The van der Waals surface area contributed by atoms with E-state index in [4.69, 9.17) is 27.9 Å². The fourth-order valence-corrected chi connectivity index (χ4v) is 1.62. The van der Waals surface area contributed by atoms with Gasteiger partial charge in [-0.1, -0.05) is 29.3 Å². The molecule has 0 atom stereocenters. The van der Waals surface area contributed by atoms with Gasteiger partial charge in [-0.15, -0.1) is 0 Å². The molecule has 0 aliphatic carbocycles. The van der Waals surface area contributed by atoms with Crippen LogP contribution in [0.2, 0.25) is 10.0 Å². The lowest BCUT2D eigenvalue weighted by molar-refractivity contribution is 0.199. The molecule has 0 aliphatic rings. The Morgan fingerprint density at radius 1 is 1.29 bits per heavy atom. The van der Waals surface area contributed by atoms with Crippen molar-refractivity contribution in [2.75, 3.05) is 20.3 Å². The van der Waals surface area contributed by atoms with Gasteiger partial charge in [0.1, 0.15) is 0 Å². The summed E-state index contributed by atoms with van der Waals surface area (Å²) < 4.78 is 4.91. The third-order valence-corrected chi connectivity index (χ3v) is 2.55. The second-order valence-corrected chi connectivity index (χ2v) is 3.68. The van der Waals surface area contributed by atoms with E-state index < -0.39 is 0 Å². The molecule has 2 nitrogen and oxygen atoms in total. The van der Waals surface area contributed by atoms with Crippen molar-refractivity contribution in [2.24, 2.45) is 0 Å². The molecule has 1 N–H and O–H groups in total. The predicted molar refractivity (Wildman–Crippen MR) is 60.0 cm³/mol. The maximum atomic E-state index is 5.99. The minimum atomic E-state index is 0.669. The first-order chi connectivity index (χ1) is 6.75. The van der Waals surface area contributed by atoms with E-state index in [2.05, 4.69) is 5.32 Å². The number of halogens is 2. The van der Waals surface area contributed by atoms with Crippen LogP contribution < -0.4 is 5.32 Å². The predicted octanol–water partition coefficient (Wildman–Crippen LogP) is 2.73. The molecule has 0 bridgehead atoms. The molecule has 14 heavy (non-hydrogen) atoms. The van der Waals surface area contributed by atoms with Gasteiger partial charge >= 0.3 is 0 Å². The van der Waals surface area contributed by atoms with E-state index >= 15 is 0 Å². The van der Waals surface area contributed by atoms with E-state index in [0.717, 1.165) is 12.1 Å². The monoisotopic (exact) mass is 233 g/mol.